The topological polar surface area (TPSA) is 31.2 Å². The van der Waals surface area contributed by atoms with Gasteiger partial charge >= 0.3 is 5.97 Å². The molecule has 0 bridgehead atoms. The maximum absolute atomic E-state index is 12.1. The van der Waals surface area contributed by atoms with Crippen LogP contribution >= 0.6 is 9.39 Å². The van der Waals surface area contributed by atoms with Gasteiger partial charge in [-0.2, -0.15) is 0 Å². The van der Waals surface area contributed by atoms with Crippen LogP contribution in [-0.2, 0) is 17.6 Å². The molecule has 0 radical (unpaired) electrons. The first kappa shape index (κ1) is 22.2. The molecular weight excluding hydrogens is 341 g/mol. The van der Waals surface area contributed by atoms with Crippen molar-refractivity contribution in [3.8, 4) is 0 Å². The summed E-state index contributed by atoms with van der Waals surface area (Å²) in [4.78, 5) is 12.1. The molecule has 1 heterocycles. The third kappa shape index (κ3) is 6.80. The van der Waals surface area contributed by atoms with Crippen molar-refractivity contribution in [2.24, 2.45) is 0 Å². The first-order valence-corrected chi connectivity index (χ1v) is 9.88. The number of hydrogen-bond donors (Lipinski definition) is 0. The Morgan fingerprint density at radius 2 is 2.08 bits per heavy atom. The molecule has 1 rings (SSSR count). The summed E-state index contributed by atoms with van der Waals surface area (Å²) >= 11 is 0. The zero-order chi connectivity index (χ0) is 19.4. The van der Waals surface area contributed by atoms with E-state index in [1.165, 1.54) is 11.3 Å². The van der Waals surface area contributed by atoms with Gasteiger partial charge in [-0.25, -0.2) is 4.79 Å². The Morgan fingerprint density at radius 1 is 1.31 bits per heavy atom. The van der Waals surface area contributed by atoms with Crippen LogP contribution < -0.4 is 0 Å². The fraction of sp³-hybridized carbons (Fsp3) is 0.409. The lowest BCUT2D eigenvalue weighted by molar-refractivity contribution is 0.0518. The van der Waals surface area contributed by atoms with Crippen molar-refractivity contribution >= 4 is 15.4 Å². The minimum atomic E-state index is -0.253. The number of nitrogens with zero attached hydrogens (tertiary/aromatic N) is 1. The third-order valence-electron chi connectivity index (χ3n) is 4.00. The fourth-order valence-electron chi connectivity index (χ4n) is 2.85. The van der Waals surface area contributed by atoms with E-state index in [0.717, 1.165) is 37.7 Å². The van der Waals surface area contributed by atoms with E-state index >= 15 is 0 Å². The highest BCUT2D eigenvalue weighted by Gasteiger charge is 2.18. The zero-order valence-corrected chi connectivity index (χ0v) is 17.5. The Labute approximate surface area is 160 Å². The van der Waals surface area contributed by atoms with Crippen molar-refractivity contribution in [3.63, 3.8) is 0 Å². The molecule has 142 valence electrons. The molecule has 0 fully saturated rings. The number of esters is 1. The second kappa shape index (κ2) is 12.5. The Kier molecular flexibility index (Phi) is 10.7. The van der Waals surface area contributed by atoms with E-state index in [-0.39, 0.29) is 5.97 Å². The molecular formula is C22H32NO2P. The van der Waals surface area contributed by atoms with Crippen LogP contribution in [0.1, 0.15) is 61.8 Å². The highest BCUT2D eigenvalue weighted by molar-refractivity contribution is 7.14. The summed E-state index contributed by atoms with van der Waals surface area (Å²) in [5.41, 5.74) is 4.22. The normalized spacial score (nSPS) is 12.2. The lowest BCUT2D eigenvalue weighted by Crippen LogP contribution is -2.08. The van der Waals surface area contributed by atoms with Gasteiger partial charge < -0.3 is 9.07 Å². The molecule has 1 unspecified atom stereocenters. The Hall–Kier alpha value is -1.86. The lowest BCUT2D eigenvalue weighted by atomic mass is 10.1. The fourth-order valence-corrected chi connectivity index (χ4v) is 3.32. The SMILES string of the molecule is C=C/C=C(\C=C/C)/C=C\CCCc1c(CCC)cc(C(=O)OCC)n1P. The standard InChI is InChI=1S/C22H32NO2P/c1-5-12-18(13-6-2)15-10-9-11-16-20-19(14-7-3)17-21(23(20)26)22(24)25-8-4/h5-6,10,12-13,15,17H,1,7-9,11,14,16,26H2,2-4H3/b13-6-,15-10-,18-12+. The quantitative estimate of drug-likeness (QED) is 0.212. The van der Waals surface area contributed by atoms with Gasteiger partial charge in [0.15, 0.2) is 0 Å². The van der Waals surface area contributed by atoms with E-state index in [2.05, 4.69) is 41.1 Å². The summed E-state index contributed by atoms with van der Waals surface area (Å²) in [5.74, 6) is -0.253. The molecule has 3 nitrogen and oxygen atoms in total. The van der Waals surface area contributed by atoms with E-state index in [9.17, 15) is 4.79 Å². The smallest absolute Gasteiger partial charge is 0.355 e. The monoisotopic (exact) mass is 373 g/mol. The van der Waals surface area contributed by atoms with Gasteiger partial charge in [0.25, 0.3) is 0 Å². The summed E-state index contributed by atoms with van der Waals surface area (Å²) in [5, 5.41) is 0. The molecule has 4 heteroatoms. The molecule has 1 aromatic heterocycles. The number of aromatic nitrogens is 1. The molecule has 0 saturated heterocycles. The number of carbonyl (C=O) groups is 1. The maximum Gasteiger partial charge on any atom is 0.355 e. The van der Waals surface area contributed by atoms with Gasteiger partial charge in [0.2, 0.25) is 0 Å². The number of rotatable bonds is 11. The van der Waals surface area contributed by atoms with Crippen molar-refractivity contribution in [3.05, 3.63) is 71.6 Å². The van der Waals surface area contributed by atoms with Gasteiger partial charge in [0.1, 0.15) is 5.69 Å². The number of carbonyl (C=O) groups excluding carboxylic acids is 1. The van der Waals surface area contributed by atoms with E-state index in [1.54, 1.807) is 6.08 Å². The maximum atomic E-state index is 12.1. The number of unbranched alkanes of at least 4 members (excludes halogenated alkanes) is 1. The van der Waals surface area contributed by atoms with E-state index in [0.29, 0.717) is 12.3 Å². The summed E-state index contributed by atoms with van der Waals surface area (Å²) < 4.78 is 7.09. The second-order valence-electron chi connectivity index (χ2n) is 6.04. The molecule has 1 atom stereocenters. The lowest BCUT2D eigenvalue weighted by Gasteiger charge is -2.08. The number of ether oxygens (including phenoxy) is 1. The van der Waals surface area contributed by atoms with Gasteiger partial charge in [-0.1, -0.05) is 56.4 Å². The van der Waals surface area contributed by atoms with E-state index < -0.39 is 0 Å². The predicted octanol–water partition coefficient (Wildman–Crippen LogP) is 5.82. The molecule has 0 aliphatic heterocycles. The summed E-state index contributed by atoms with van der Waals surface area (Å²) in [6.45, 7) is 10.1. The molecule has 0 N–H and O–H groups in total. The van der Waals surface area contributed by atoms with Crippen LogP contribution in [-0.4, -0.2) is 16.9 Å². The van der Waals surface area contributed by atoms with Gasteiger partial charge in [-0.05, 0) is 66.1 Å². The largest absolute Gasteiger partial charge is 0.461 e. The van der Waals surface area contributed by atoms with Gasteiger partial charge in [0, 0.05) is 5.69 Å². The highest BCUT2D eigenvalue weighted by atomic mass is 31.0. The van der Waals surface area contributed by atoms with Crippen LogP contribution in [0.4, 0.5) is 0 Å². The van der Waals surface area contributed by atoms with E-state index in [4.69, 9.17) is 4.74 Å². The Bertz CT molecular complexity index is 681. The molecule has 0 aromatic carbocycles. The zero-order valence-electron chi connectivity index (χ0n) is 16.3. The van der Waals surface area contributed by atoms with Crippen molar-refractivity contribution in [2.45, 2.75) is 52.9 Å². The Balaban J connectivity index is 2.78. The first-order chi connectivity index (χ1) is 12.6. The van der Waals surface area contributed by atoms with Crippen molar-refractivity contribution in [2.75, 3.05) is 6.61 Å². The third-order valence-corrected chi connectivity index (χ3v) is 4.59. The molecule has 1 aromatic rings. The molecule has 0 aliphatic carbocycles. The van der Waals surface area contributed by atoms with Crippen LogP contribution in [0.3, 0.4) is 0 Å². The summed E-state index contributed by atoms with van der Waals surface area (Å²) in [6, 6.07) is 1.98. The van der Waals surface area contributed by atoms with Crippen molar-refractivity contribution in [1.82, 2.24) is 4.34 Å². The predicted molar refractivity (Wildman–Crippen MR) is 115 cm³/mol. The van der Waals surface area contributed by atoms with Crippen molar-refractivity contribution in [1.29, 1.82) is 0 Å². The van der Waals surface area contributed by atoms with Gasteiger partial charge in [-0.3, -0.25) is 0 Å². The van der Waals surface area contributed by atoms with Crippen LogP contribution in [0.25, 0.3) is 0 Å². The second-order valence-corrected chi connectivity index (χ2v) is 6.56. The molecule has 0 spiro atoms. The minimum absolute atomic E-state index is 0.253. The summed E-state index contributed by atoms with van der Waals surface area (Å²) in [7, 11) is 2.67. The van der Waals surface area contributed by atoms with E-state index in [1.807, 2.05) is 36.4 Å². The van der Waals surface area contributed by atoms with Crippen LogP contribution in [0, 0.1) is 0 Å². The average molecular weight is 373 g/mol. The summed E-state index contributed by atoms with van der Waals surface area (Å²) in [6.07, 6.45) is 17.2. The van der Waals surface area contributed by atoms with Gasteiger partial charge in [-0.15, -0.1) is 0 Å². The number of hydrogen-bond acceptors (Lipinski definition) is 2. The van der Waals surface area contributed by atoms with Crippen LogP contribution in [0.2, 0.25) is 0 Å². The number of aryl methyl sites for hydroxylation is 1. The van der Waals surface area contributed by atoms with Crippen molar-refractivity contribution < 1.29 is 9.53 Å². The minimum Gasteiger partial charge on any atom is -0.461 e. The Morgan fingerprint density at radius 3 is 2.69 bits per heavy atom. The molecule has 0 aliphatic rings. The number of allylic oxidation sites excluding steroid dienone is 7. The highest BCUT2D eigenvalue weighted by Crippen LogP contribution is 2.23. The first-order valence-electron chi connectivity index (χ1n) is 9.36. The molecule has 0 saturated carbocycles. The molecule has 26 heavy (non-hydrogen) atoms. The van der Waals surface area contributed by atoms with Crippen LogP contribution in [0.15, 0.2) is 54.7 Å². The van der Waals surface area contributed by atoms with Gasteiger partial charge in [0.05, 0.1) is 6.61 Å². The molecule has 0 amide bonds. The average Bonchev–Trinajstić information content (AvgIpc) is 2.92. The van der Waals surface area contributed by atoms with Crippen LogP contribution in [0.5, 0.6) is 0 Å².